The number of aromatic nitrogens is 1. The molecule has 0 aliphatic heterocycles. The van der Waals surface area contributed by atoms with Crippen molar-refractivity contribution >= 4 is 21.9 Å². The number of nitrogens with one attached hydrogen (secondary N) is 1. The van der Waals surface area contributed by atoms with Gasteiger partial charge in [0.2, 0.25) is 0 Å². The van der Waals surface area contributed by atoms with Gasteiger partial charge >= 0.3 is 5.97 Å². The van der Waals surface area contributed by atoms with Crippen LogP contribution in [0.25, 0.3) is 0 Å². The average Bonchev–Trinajstić information content (AvgIpc) is 2.57. The standard InChI is InChI=1S/C18H20BrNO4/c1-2-23-17(21)12-24-16-8-4-6-13(9-16)5-3-7-14-10-15(19)11-20-18(14)22/h4,6,8-11H,2-3,5,7,12H2,1H3,(H,20,22). The summed E-state index contributed by atoms with van der Waals surface area (Å²) in [5.41, 5.74) is 1.81. The normalized spacial score (nSPS) is 10.4. The van der Waals surface area contributed by atoms with Gasteiger partial charge in [-0.3, -0.25) is 4.79 Å². The number of hydrogen-bond acceptors (Lipinski definition) is 4. The smallest absolute Gasteiger partial charge is 0.344 e. The fourth-order valence-electron chi connectivity index (χ4n) is 2.31. The number of halogens is 1. The van der Waals surface area contributed by atoms with Crippen molar-refractivity contribution < 1.29 is 14.3 Å². The largest absolute Gasteiger partial charge is 0.482 e. The second kappa shape index (κ2) is 9.27. The van der Waals surface area contributed by atoms with Crippen molar-refractivity contribution in [3.8, 4) is 5.75 Å². The third-order valence-electron chi connectivity index (χ3n) is 3.42. The molecule has 0 fully saturated rings. The monoisotopic (exact) mass is 393 g/mol. The first kappa shape index (κ1) is 18.3. The van der Waals surface area contributed by atoms with Crippen LogP contribution in [-0.4, -0.2) is 24.2 Å². The number of esters is 1. The number of aromatic amines is 1. The van der Waals surface area contributed by atoms with Crippen LogP contribution in [0.15, 0.2) is 45.8 Å². The van der Waals surface area contributed by atoms with Gasteiger partial charge in [-0.1, -0.05) is 12.1 Å². The highest BCUT2D eigenvalue weighted by molar-refractivity contribution is 9.10. The van der Waals surface area contributed by atoms with Gasteiger partial charge in [0.1, 0.15) is 5.75 Å². The van der Waals surface area contributed by atoms with Crippen LogP contribution >= 0.6 is 15.9 Å². The summed E-state index contributed by atoms with van der Waals surface area (Å²) < 4.78 is 11.1. The van der Waals surface area contributed by atoms with Crippen molar-refractivity contribution in [3.63, 3.8) is 0 Å². The molecule has 1 N–H and O–H groups in total. The maximum Gasteiger partial charge on any atom is 0.344 e. The van der Waals surface area contributed by atoms with E-state index in [9.17, 15) is 9.59 Å². The molecule has 24 heavy (non-hydrogen) atoms. The van der Waals surface area contributed by atoms with E-state index in [4.69, 9.17) is 9.47 Å². The molecule has 0 atom stereocenters. The Balaban J connectivity index is 1.86. The molecule has 2 aromatic rings. The van der Waals surface area contributed by atoms with Crippen molar-refractivity contribution in [1.29, 1.82) is 0 Å². The van der Waals surface area contributed by atoms with E-state index in [1.54, 1.807) is 13.1 Å². The minimum atomic E-state index is -0.378. The second-order valence-corrected chi connectivity index (χ2v) is 6.18. The van der Waals surface area contributed by atoms with Gasteiger partial charge in [0.05, 0.1) is 6.61 Å². The van der Waals surface area contributed by atoms with Crippen LogP contribution in [0.3, 0.4) is 0 Å². The van der Waals surface area contributed by atoms with E-state index >= 15 is 0 Å². The molecular weight excluding hydrogens is 374 g/mol. The number of ether oxygens (including phenoxy) is 2. The molecule has 0 amide bonds. The maximum absolute atomic E-state index is 11.7. The lowest BCUT2D eigenvalue weighted by molar-refractivity contribution is -0.145. The van der Waals surface area contributed by atoms with Gasteiger partial charge in [0, 0.05) is 16.2 Å². The summed E-state index contributed by atoms with van der Waals surface area (Å²) in [4.78, 5) is 25.7. The fourth-order valence-corrected chi connectivity index (χ4v) is 2.70. The highest BCUT2D eigenvalue weighted by Gasteiger charge is 2.05. The topological polar surface area (TPSA) is 68.4 Å². The van der Waals surface area contributed by atoms with Crippen molar-refractivity contribution in [1.82, 2.24) is 4.98 Å². The van der Waals surface area contributed by atoms with Gasteiger partial charge in [0.15, 0.2) is 6.61 Å². The minimum absolute atomic E-state index is 0.0512. The SMILES string of the molecule is CCOC(=O)COc1cccc(CCCc2cc(Br)c[nH]c2=O)c1. The number of H-pyrrole nitrogens is 1. The van der Waals surface area contributed by atoms with Crippen LogP contribution in [0.5, 0.6) is 5.75 Å². The third kappa shape index (κ3) is 5.85. The number of aryl methyl sites for hydroxylation is 2. The first-order valence-electron chi connectivity index (χ1n) is 7.83. The second-order valence-electron chi connectivity index (χ2n) is 5.27. The van der Waals surface area contributed by atoms with Crippen LogP contribution in [0.4, 0.5) is 0 Å². The third-order valence-corrected chi connectivity index (χ3v) is 3.87. The summed E-state index contributed by atoms with van der Waals surface area (Å²) in [6, 6.07) is 9.45. The summed E-state index contributed by atoms with van der Waals surface area (Å²) >= 11 is 3.36. The van der Waals surface area contributed by atoms with Crippen LogP contribution < -0.4 is 10.3 Å². The first-order valence-corrected chi connectivity index (χ1v) is 8.62. The van der Waals surface area contributed by atoms with E-state index in [-0.39, 0.29) is 18.1 Å². The Hall–Kier alpha value is -2.08. The highest BCUT2D eigenvalue weighted by Crippen LogP contribution is 2.16. The zero-order valence-corrected chi connectivity index (χ0v) is 15.1. The zero-order chi connectivity index (χ0) is 17.4. The average molecular weight is 394 g/mol. The minimum Gasteiger partial charge on any atom is -0.482 e. The van der Waals surface area contributed by atoms with Gasteiger partial charge in [-0.2, -0.15) is 0 Å². The van der Waals surface area contributed by atoms with E-state index in [0.29, 0.717) is 18.8 Å². The Kier molecular flexibility index (Phi) is 7.06. The van der Waals surface area contributed by atoms with Gasteiger partial charge in [-0.15, -0.1) is 0 Å². The molecule has 6 heteroatoms. The Labute approximate surface area is 149 Å². The number of benzene rings is 1. The molecule has 1 aromatic carbocycles. The lowest BCUT2D eigenvalue weighted by Gasteiger charge is -2.08. The van der Waals surface area contributed by atoms with E-state index < -0.39 is 0 Å². The molecule has 0 unspecified atom stereocenters. The van der Waals surface area contributed by atoms with Crippen molar-refractivity contribution in [3.05, 3.63) is 62.5 Å². The van der Waals surface area contributed by atoms with Gasteiger partial charge in [0.25, 0.3) is 5.56 Å². The quantitative estimate of drug-likeness (QED) is 0.698. The lowest BCUT2D eigenvalue weighted by atomic mass is 10.0. The van der Waals surface area contributed by atoms with E-state index in [1.807, 2.05) is 30.3 Å². The number of hydrogen-bond donors (Lipinski definition) is 1. The Bertz CT molecular complexity index is 742. The van der Waals surface area contributed by atoms with E-state index in [2.05, 4.69) is 20.9 Å². The lowest BCUT2D eigenvalue weighted by Crippen LogP contribution is -2.14. The van der Waals surface area contributed by atoms with Crippen LogP contribution in [0, 0.1) is 0 Å². The molecule has 0 radical (unpaired) electrons. The Morgan fingerprint density at radius 3 is 2.88 bits per heavy atom. The number of pyridine rings is 1. The predicted octanol–water partition coefficient (Wildman–Crippen LogP) is 3.25. The summed E-state index contributed by atoms with van der Waals surface area (Å²) in [7, 11) is 0. The summed E-state index contributed by atoms with van der Waals surface area (Å²) in [5.74, 6) is 0.262. The zero-order valence-electron chi connectivity index (χ0n) is 13.5. The van der Waals surface area contributed by atoms with Gasteiger partial charge in [-0.25, -0.2) is 4.79 Å². The molecule has 2 rings (SSSR count). The van der Waals surface area contributed by atoms with E-state index in [1.165, 1.54) is 0 Å². The molecule has 1 aromatic heterocycles. The van der Waals surface area contributed by atoms with Crippen LogP contribution in [0.2, 0.25) is 0 Å². The maximum atomic E-state index is 11.7. The molecule has 0 bridgehead atoms. The molecule has 128 valence electrons. The molecule has 5 nitrogen and oxygen atoms in total. The summed E-state index contributed by atoms with van der Waals surface area (Å²) in [5, 5.41) is 0. The van der Waals surface area contributed by atoms with Crippen LogP contribution in [-0.2, 0) is 22.4 Å². The molecule has 1 heterocycles. The first-order chi connectivity index (χ1) is 11.6. The van der Waals surface area contributed by atoms with Crippen molar-refractivity contribution in [2.45, 2.75) is 26.2 Å². The van der Waals surface area contributed by atoms with Crippen LogP contribution in [0.1, 0.15) is 24.5 Å². The molecule has 0 aliphatic carbocycles. The van der Waals surface area contributed by atoms with Crippen molar-refractivity contribution in [2.75, 3.05) is 13.2 Å². The predicted molar refractivity (Wildman–Crippen MR) is 95.4 cm³/mol. The summed E-state index contributed by atoms with van der Waals surface area (Å²) in [6.07, 6.45) is 4.00. The van der Waals surface area contributed by atoms with Crippen molar-refractivity contribution in [2.24, 2.45) is 0 Å². The number of rotatable bonds is 8. The number of carbonyl (C=O) groups is 1. The summed E-state index contributed by atoms with van der Waals surface area (Å²) in [6.45, 7) is 2.01. The number of carbonyl (C=O) groups excluding carboxylic acids is 1. The van der Waals surface area contributed by atoms with Gasteiger partial charge in [-0.05, 0) is 65.9 Å². The Morgan fingerprint density at radius 2 is 2.08 bits per heavy atom. The van der Waals surface area contributed by atoms with Gasteiger partial charge < -0.3 is 14.5 Å². The molecular formula is C18H20BrNO4. The van der Waals surface area contributed by atoms with E-state index in [0.717, 1.165) is 28.4 Å². The molecule has 0 saturated carbocycles. The molecule has 0 spiro atoms. The molecule has 0 saturated heterocycles. The fraction of sp³-hybridized carbons (Fsp3) is 0.333. The Morgan fingerprint density at radius 1 is 1.25 bits per heavy atom. The highest BCUT2D eigenvalue weighted by atomic mass is 79.9. The molecule has 0 aliphatic rings.